The van der Waals surface area contributed by atoms with Gasteiger partial charge in [0, 0.05) is 42.6 Å². The molecular formula is C49H31N3S. The number of fused-ring (bicyclic) bond motifs is 11. The lowest BCUT2D eigenvalue weighted by atomic mass is 9.96. The highest BCUT2D eigenvalue weighted by Crippen LogP contribution is 2.53. The SMILES string of the molecule is Cc1cccc2ccc3c4c(n(-c5nc(-c6ccc(-c7cccc8ccccc78)cc6)c6ccccc6n5)c3c12)-c1ccccc1Sc1ccccc1-4. The Morgan fingerprint density at radius 2 is 1.11 bits per heavy atom. The third-order valence-corrected chi connectivity index (χ3v) is 11.9. The second-order valence-corrected chi connectivity index (χ2v) is 14.9. The van der Waals surface area contributed by atoms with Gasteiger partial charge < -0.3 is 0 Å². The summed E-state index contributed by atoms with van der Waals surface area (Å²) in [6.07, 6.45) is 0. The maximum absolute atomic E-state index is 5.57. The van der Waals surface area contributed by atoms with Gasteiger partial charge in [-0.25, -0.2) is 9.97 Å². The average Bonchev–Trinajstić information content (AvgIpc) is 3.48. The van der Waals surface area contributed by atoms with Gasteiger partial charge in [-0.3, -0.25) is 4.57 Å². The molecular weight excluding hydrogens is 663 g/mol. The quantitative estimate of drug-likeness (QED) is 0.185. The van der Waals surface area contributed by atoms with E-state index in [0.29, 0.717) is 5.95 Å². The van der Waals surface area contributed by atoms with Crippen LogP contribution in [-0.4, -0.2) is 14.5 Å². The number of benzene rings is 8. The Hall–Kier alpha value is -6.49. The molecule has 11 rings (SSSR count). The first-order valence-corrected chi connectivity index (χ1v) is 18.8. The Balaban J connectivity index is 1.23. The van der Waals surface area contributed by atoms with Gasteiger partial charge in [0.15, 0.2) is 0 Å². The molecule has 0 unspecified atom stereocenters. The molecule has 3 heterocycles. The second kappa shape index (κ2) is 11.8. The first-order chi connectivity index (χ1) is 26.2. The molecule has 53 heavy (non-hydrogen) atoms. The summed E-state index contributed by atoms with van der Waals surface area (Å²) in [6, 6.07) is 61.1. The molecule has 3 nitrogen and oxygen atoms in total. The van der Waals surface area contributed by atoms with Crippen LogP contribution in [0.15, 0.2) is 180 Å². The number of hydrogen-bond acceptors (Lipinski definition) is 3. The fourth-order valence-corrected chi connectivity index (χ4v) is 9.44. The third-order valence-electron chi connectivity index (χ3n) is 10.7. The molecule has 0 spiro atoms. The highest BCUT2D eigenvalue weighted by atomic mass is 32.2. The molecule has 0 radical (unpaired) electrons. The fourth-order valence-electron chi connectivity index (χ4n) is 8.35. The van der Waals surface area contributed by atoms with Gasteiger partial charge in [0.05, 0.1) is 22.4 Å². The third kappa shape index (κ3) is 4.62. The number of nitrogens with zero attached hydrogens (tertiary/aromatic N) is 3. The summed E-state index contributed by atoms with van der Waals surface area (Å²) in [6.45, 7) is 2.21. The lowest BCUT2D eigenvalue weighted by molar-refractivity contribution is 0.990. The van der Waals surface area contributed by atoms with E-state index in [4.69, 9.17) is 9.97 Å². The van der Waals surface area contributed by atoms with Gasteiger partial charge in [0.25, 0.3) is 0 Å². The van der Waals surface area contributed by atoms with Gasteiger partial charge in [-0.15, -0.1) is 0 Å². The van der Waals surface area contributed by atoms with Crippen LogP contribution in [0.1, 0.15) is 5.56 Å². The number of hydrogen-bond donors (Lipinski definition) is 0. The van der Waals surface area contributed by atoms with Crippen LogP contribution >= 0.6 is 11.8 Å². The van der Waals surface area contributed by atoms with Crippen molar-refractivity contribution in [1.82, 2.24) is 14.5 Å². The number of aryl methyl sites for hydroxylation is 1. The zero-order valence-electron chi connectivity index (χ0n) is 28.9. The standard InChI is InChI=1S/C49H31N3S/c1-30-12-10-15-33-28-29-40-45-38-18-5-8-22-42(38)53-43-23-9-6-19-39(43)47(45)52(48(40)44(30)33)49-50-41-21-7-4-17-37(41)46(51-49)34-26-24-32(25-27-34)36-20-11-14-31-13-2-3-16-35(31)36/h2-29H,1H3. The highest BCUT2D eigenvalue weighted by molar-refractivity contribution is 7.99. The van der Waals surface area contributed by atoms with E-state index in [-0.39, 0.29) is 0 Å². The van der Waals surface area contributed by atoms with Gasteiger partial charge >= 0.3 is 0 Å². The molecule has 0 saturated heterocycles. The van der Waals surface area contributed by atoms with Gasteiger partial charge in [-0.05, 0) is 63.5 Å². The molecule has 0 bridgehead atoms. The molecule has 1 aliphatic heterocycles. The topological polar surface area (TPSA) is 30.7 Å². The van der Waals surface area contributed by atoms with Crippen molar-refractivity contribution in [1.29, 1.82) is 0 Å². The minimum absolute atomic E-state index is 0.665. The van der Waals surface area contributed by atoms with Crippen LogP contribution in [0.3, 0.4) is 0 Å². The highest BCUT2D eigenvalue weighted by Gasteiger charge is 2.30. The predicted molar refractivity (Wildman–Crippen MR) is 222 cm³/mol. The van der Waals surface area contributed by atoms with Crippen molar-refractivity contribution in [2.75, 3.05) is 0 Å². The molecule has 2 aromatic heterocycles. The van der Waals surface area contributed by atoms with E-state index >= 15 is 0 Å². The lowest BCUT2D eigenvalue weighted by Gasteiger charge is -2.16. The van der Waals surface area contributed by atoms with E-state index in [1.807, 2.05) is 11.8 Å². The van der Waals surface area contributed by atoms with Gasteiger partial charge in [0.2, 0.25) is 5.95 Å². The summed E-state index contributed by atoms with van der Waals surface area (Å²) in [7, 11) is 0. The monoisotopic (exact) mass is 693 g/mol. The van der Waals surface area contributed by atoms with Crippen molar-refractivity contribution < 1.29 is 0 Å². The van der Waals surface area contributed by atoms with E-state index in [1.54, 1.807) is 0 Å². The Kier molecular flexibility index (Phi) is 6.70. The summed E-state index contributed by atoms with van der Waals surface area (Å²) in [5.41, 5.74) is 12.4. The maximum atomic E-state index is 5.57. The minimum Gasteiger partial charge on any atom is -0.277 e. The van der Waals surface area contributed by atoms with Crippen molar-refractivity contribution in [3.63, 3.8) is 0 Å². The molecule has 8 aromatic carbocycles. The predicted octanol–water partition coefficient (Wildman–Crippen LogP) is 13.3. The van der Waals surface area contributed by atoms with Gasteiger partial charge in [-0.1, -0.05) is 163 Å². The van der Waals surface area contributed by atoms with Crippen molar-refractivity contribution >= 4 is 55.1 Å². The van der Waals surface area contributed by atoms with Crippen molar-refractivity contribution in [2.24, 2.45) is 0 Å². The summed E-state index contributed by atoms with van der Waals surface area (Å²) >= 11 is 1.83. The number of para-hydroxylation sites is 1. The van der Waals surface area contributed by atoms with E-state index in [2.05, 4.69) is 181 Å². The van der Waals surface area contributed by atoms with Crippen LogP contribution in [0.5, 0.6) is 0 Å². The lowest BCUT2D eigenvalue weighted by Crippen LogP contribution is -2.06. The Morgan fingerprint density at radius 3 is 1.98 bits per heavy atom. The second-order valence-electron chi connectivity index (χ2n) is 13.8. The summed E-state index contributed by atoms with van der Waals surface area (Å²) in [5.74, 6) is 0.665. The Bertz CT molecular complexity index is 3100. The molecule has 0 aliphatic carbocycles. The fraction of sp³-hybridized carbons (Fsp3) is 0.0204. The summed E-state index contributed by atoms with van der Waals surface area (Å²) < 4.78 is 2.36. The van der Waals surface area contributed by atoms with Crippen molar-refractivity contribution in [3.05, 3.63) is 175 Å². The molecule has 0 atom stereocenters. The average molecular weight is 694 g/mol. The zero-order valence-corrected chi connectivity index (χ0v) is 29.7. The van der Waals surface area contributed by atoms with E-state index < -0.39 is 0 Å². The van der Waals surface area contributed by atoms with E-state index in [0.717, 1.165) is 33.4 Å². The van der Waals surface area contributed by atoms with Gasteiger partial charge in [0.1, 0.15) is 0 Å². The molecule has 0 saturated carbocycles. The minimum atomic E-state index is 0.665. The Morgan fingerprint density at radius 1 is 0.472 bits per heavy atom. The van der Waals surface area contributed by atoms with Gasteiger partial charge in [-0.2, -0.15) is 0 Å². The van der Waals surface area contributed by atoms with E-state index in [9.17, 15) is 0 Å². The van der Waals surface area contributed by atoms with Crippen LogP contribution in [0, 0.1) is 6.92 Å². The smallest absolute Gasteiger partial charge is 0.235 e. The molecule has 248 valence electrons. The normalized spacial score (nSPS) is 12.2. The van der Waals surface area contributed by atoms with Crippen LogP contribution in [0.2, 0.25) is 0 Å². The Labute approximate surface area is 311 Å². The van der Waals surface area contributed by atoms with Crippen LogP contribution in [-0.2, 0) is 0 Å². The number of aromatic nitrogens is 3. The number of rotatable bonds is 3. The molecule has 0 N–H and O–H groups in total. The maximum Gasteiger partial charge on any atom is 0.235 e. The molecule has 10 aromatic rings. The van der Waals surface area contributed by atoms with E-state index in [1.165, 1.54) is 70.1 Å². The molecule has 4 heteroatoms. The first kappa shape index (κ1) is 30.2. The largest absolute Gasteiger partial charge is 0.277 e. The summed E-state index contributed by atoms with van der Waals surface area (Å²) in [4.78, 5) is 13.4. The van der Waals surface area contributed by atoms with Crippen LogP contribution in [0.4, 0.5) is 0 Å². The van der Waals surface area contributed by atoms with Crippen molar-refractivity contribution in [2.45, 2.75) is 16.7 Å². The first-order valence-electron chi connectivity index (χ1n) is 18.0. The van der Waals surface area contributed by atoms with Crippen LogP contribution < -0.4 is 0 Å². The summed E-state index contributed by atoms with van der Waals surface area (Å²) in [5, 5.41) is 7.14. The zero-order chi connectivity index (χ0) is 35.0. The van der Waals surface area contributed by atoms with Crippen molar-refractivity contribution in [3.8, 4) is 50.7 Å². The van der Waals surface area contributed by atoms with Crippen LogP contribution in [0.25, 0.3) is 94.1 Å². The molecule has 0 fully saturated rings. The molecule has 1 aliphatic rings. The molecule has 0 amide bonds.